The Hall–Kier alpha value is -3.02. The number of carbonyl (C=O) groups excluding carboxylic acids is 2. The summed E-state index contributed by atoms with van der Waals surface area (Å²) in [5, 5.41) is 2.97. The molecular weight excluding hydrogens is 368 g/mol. The SMILES string of the molecule is COc1cccc(N2CC(C(=O)Nc3ccccc3OC3CCCC3)CC2=O)c1. The maximum Gasteiger partial charge on any atom is 0.229 e. The molecule has 1 atom stereocenters. The molecule has 6 heteroatoms. The van der Waals surface area contributed by atoms with E-state index in [9.17, 15) is 9.59 Å². The number of nitrogens with zero attached hydrogens (tertiary/aromatic N) is 1. The molecule has 2 aromatic rings. The number of amides is 2. The van der Waals surface area contributed by atoms with Gasteiger partial charge in [0.05, 0.1) is 24.8 Å². The van der Waals surface area contributed by atoms with Crippen molar-refractivity contribution in [3.8, 4) is 11.5 Å². The summed E-state index contributed by atoms with van der Waals surface area (Å²) in [7, 11) is 1.59. The molecule has 1 N–H and O–H groups in total. The quantitative estimate of drug-likeness (QED) is 0.804. The number of hydrogen-bond acceptors (Lipinski definition) is 4. The third kappa shape index (κ3) is 4.36. The molecule has 2 fully saturated rings. The minimum atomic E-state index is -0.409. The lowest BCUT2D eigenvalue weighted by atomic mass is 10.1. The largest absolute Gasteiger partial charge is 0.497 e. The number of benzene rings is 2. The fourth-order valence-corrected chi connectivity index (χ4v) is 4.00. The van der Waals surface area contributed by atoms with Crippen molar-refractivity contribution in [2.75, 3.05) is 23.9 Å². The molecule has 29 heavy (non-hydrogen) atoms. The summed E-state index contributed by atoms with van der Waals surface area (Å²) in [6.07, 6.45) is 4.87. The predicted octanol–water partition coefficient (Wildman–Crippen LogP) is 4.01. The van der Waals surface area contributed by atoms with Crippen LogP contribution in [0.1, 0.15) is 32.1 Å². The van der Waals surface area contributed by atoms with Gasteiger partial charge in [0.25, 0.3) is 0 Å². The van der Waals surface area contributed by atoms with Gasteiger partial charge in [-0.1, -0.05) is 18.2 Å². The fourth-order valence-electron chi connectivity index (χ4n) is 4.00. The van der Waals surface area contributed by atoms with Crippen LogP contribution in [0.5, 0.6) is 11.5 Å². The van der Waals surface area contributed by atoms with E-state index in [4.69, 9.17) is 9.47 Å². The Kier molecular flexibility index (Phi) is 5.69. The van der Waals surface area contributed by atoms with Crippen LogP contribution in [0.25, 0.3) is 0 Å². The van der Waals surface area contributed by atoms with Gasteiger partial charge in [0.2, 0.25) is 11.8 Å². The number of hydrogen-bond donors (Lipinski definition) is 1. The van der Waals surface area contributed by atoms with Crippen molar-refractivity contribution in [3.05, 3.63) is 48.5 Å². The number of rotatable bonds is 6. The van der Waals surface area contributed by atoms with Crippen LogP contribution in [0.15, 0.2) is 48.5 Å². The average molecular weight is 394 g/mol. The normalized spacial score (nSPS) is 19.4. The van der Waals surface area contributed by atoms with Crippen LogP contribution in [-0.4, -0.2) is 31.6 Å². The summed E-state index contributed by atoms with van der Waals surface area (Å²) in [5.41, 5.74) is 1.41. The lowest BCUT2D eigenvalue weighted by Crippen LogP contribution is -2.28. The second-order valence-corrected chi connectivity index (χ2v) is 7.62. The van der Waals surface area contributed by atoms with Crippen LogP contribution in [0.3, 0.4) is 0 Å². The van der Waals surface area contributed by atoms with E-state index in [1.54, 1.807) is 12.0 Å². The molecule has 0 aromatic heterocycles. The highest BCUT2D eigenvalue weighted by molar-refractivity contribution is 6.04. The maximum atomic E-state index is 12.9. The van der Waals surface area contributed by atoms with Crippen LogP contribution in [-0.2, 0) is 9.59 Å². The second kappa shape index (κ2) is 8.55. The zero-order valence-electron chi connectivity index (χ0n) is 16.6. The van der Waals surface area contributed by atoms with Crippen molar-refractivity contribution in [1.29, 1.82) is 0 Å². The molecule has 2 amide bonds. The maximum absolute atomic E-state index is 12.9. The molecule has 1 saturated heterocycles. The van der Waals surface area contributed by atoms with Gasteiger partial charge >= 0.3 is 0 Å². The topological polar surface area (TPSA) is 67.9 Å². The molecule has 152 valence electrons. The van der Waals surface area contributed by atoms with Crippen molar-refractivity contribution in [2.45, 2.75) is 38.2 Å². The van der Waals surface area contributed by atoms with Crippen molar-refractivity contribution in [2.24, 2.45) is 5.92 Å². The van der Waals surface area contributed by atoms with Crippen LogP contribution >= 0.6 is 0 Å². The van der Waals surface area contributed by atoms with E-state index in [2.05, 4.69) is 5.32 Å². The zero-order valence-corrected chi connectivity index (χ0v) is 16.6. The van der Waals surface area contributed by atoms with Crippen molar-refractivity contribution in [3.63, 3.8) is 0 Å². The van der Waals surface area contributed by atoms with Gasteiger partial charge in [0, 0.05) is 24.7 Å². The first kappa shape index (κ1) is 19.3. The van der Waals surface area contributed by atoms with Crippen molar-refractivity contribution < 1.29 is 19.1 Å². The summed E-state index contributed by atoms with van der Waals surface area (Å²) in [6, 6.07) is 14.8. The van der Waals surface area contributed by atoms with Gasteiger partial charge in [0.1, 0.15) is 11.5 Å². The number of methoxy groups -OCH3 is 1. The van der Waals surface area contributed by atoms with Gasteiger partial charge in [-0.05, 0) is 49.9 Å². The zero-order chi connectivity index (χ0) is 20.2. The Morgan fingerprint density at radius 2 is 1.90 bits per heavy atom. The molecule has 4 rings (SSSR count). The number of anilines is 2. The van der Waals surface area contributed by atoms with E-state index in [-0.39, 0.29) is 24.3 Å². The van der Waals surface area contributed by atoms with Gasteiger partial charge in [-0.3, -0.25) is 9.59 Å². The highest BCUT2D eigenvalue weighted by Gasteiger charge is 2.35. The van der Waals surface area contributed by atoms with Crippen molar-refractivity contribution >= 4 is 23.2 Å². The summed E-state index contributed by atoms with van der Waals surface area (Å²) in [5.74, 6) is 0.747. The lowest BCUT2D eigenvalue weighted by molar-refractivity contribution is -0.122. The number of para-hydroxylation sites is 2. The summed E-state index contributed by atoms with van der Waals surface area (Å²) in [4.78, 5) is 27.0. The Morgan fingerprint density at radius 3 is 2.69 bits per heavy atom. The molecule has 1 aliphatic heterocycles. The first-order chi connectivity index (χ1) is 14.1. The molecule has 1 saturated carbocycles. The fraction of sp³-hybridized carbons (Fsp3) is 0.391. The monoisotopic (exact) mass is 394 g/mol. The highest BCUT2D eigenvalue weighted by atomic mass is 16.5. The van der Waals surface area contributed by atoms with Crippen LogP contribution in [0.4, 0.5) is 11.4 Å². The third-order valence-electron chi connectivity index (χ3n) is 5.60. The molecule has 1 aliphatic carbocycles. The van der Waals surface area contributed by atoms with Crippen LogP contribution < -0.4 is 19.7 Å². The van der Waals surface area contributed by atoms with Gasteiger partial charge < -0.3 is 19.7 Å². The van der Waals surface area contributed by atoms with E-state index in [1.807, 2.05) is 48.5 Å². The minimum Gasteiger partial charge on any atom is -0.497 e. The van der Waals surface area contributed by atoms with Gasteiger partial charge in [-0.2, -0.15) is 0 Å². The molecule has 0 bridgehead atoms. The molecule has 0 spiro atoms. The molecule has 2 aliphatic rings. The van der Waals surface area contributed by atoms with Gasteiger partial charge in [-0.25, -0.2) is 0 Å². The summed E-state index contributed by atoms with van der Waals surface area (Å²) in [6.45, 7) is 0.351. The summed E-state index contributed by atoms with van der Waals surface area (Å²) >= 11 is 0. The lowest BCUT2D eigenvalue weighted by Gasteiger charge is -2.19. The standard InChI is InChI=1S/C23H26N2O4/c1-28-19-10-6-7-17(14-19)25-15-16(13-22(25)26)23(27)24-20-11-4-5-12-21(20)29-18-8-2-3-9-18/h4-7,10-12,14,16,18H,2-3,8-9,13,15H2,1H3,(H,24,27). The molecule has 1 unspecified atom stereocenters. The molecule has 6 nitrogen and oxygen atoms in total. The van der Waals surface area contributed by atoms with Gasteiger partial charge in [0.15, 0.2) is 0 Å². The van der Waals surface area contributed by atoms with E-state index in [0.717, 1.165) is 18.5 Å². The smallest absolute Gasteiger partial charge is 0.229 e. The molecule has 2 aromatic carbocycles. The van der Waals surface area contributed by atoms with Gasteiger partial charge in [-0.15, -0.1) is 0 Å². The Morgan fingerprint density at radius 1 is 1.10 bits per heavy atom. The van der Waals surface area contributed by atoms with Crippen LogP contribution in [0, 0.1) is 5.92 Å². The minimum absolute atomic E-state index is 0.0612. The first-order valence-corrected chi connectivity index (χ1v) is 10.1. The van der Waals surface area contributed by atoms with E-state index in [0.29, 0.717) is 23.7 Å². The number of nitrogens with one attached hydrogen (secondary N) is 1. The van der Waals surface area contributed by atoms with Crippen molar-refractivity contribution in [1.82, 2.24) is 0 Å². The highest BCUT2D eigenvalue weighted by Crippen LogP contribution is 2.32. The van der Waals surface area contributed by atoms with E-state index in [1.165, 1.54) is 12.8 Å². The Bertz CT molecular complexity index is 892. The first-order valence-electron chi connectivity index (χ1n) is 10.1. The van der Waals surface area contributed by atoms with E-state index < -0.39 is 5.92 Å². The Labute approximate surface area is 170 Å². The molecule has 0 radical (unpaired) electrons. The number of ether oxygens (including phenoxy) is 2. The predicted molar refractivity (Wildman–Crippen MR) is 111 cm³/mol. The second-order valence-electron chi connectivity index (χ2n) is 7.62. The van der Waals surface area contributed by atoms with E-state index >= 15 is 0 Å². The number of carbonyl (C=O) groups is 2. The third-order valence-corrected chi connectivity index (χ3v) is 5.60. The summed E-state index contributed by atoms with van der Waals surface area (Å²) < 4.78 is 11.3. The average Bonchev–Trinajstić information content (AvgIpc) is 3.39. The Balaban J connectivity index is 1.43. The van der Waals surface area contributed by atoms with Crippen LogP contribution in [0.2, 0.25) is 0 Å². The molecular formula is C23H26N2O4. The molecule has 1 heterocycles.